The normalized spacial score (nSPS) is 19.7. The Balaban J connectivity index is 0.758. The molecule has 0 radical (unpaired) electrons. The number of nitrogens with zero attached hydrogens (tertiary/aromatic N) is 6. The van der Waals surface area contributed by atoms with Crippen molar-refractivity contribution in [1.82, 2.24) is 30.1 Å². The van der Waals surface area contributed by atoms with E-state index >= 15 is 4.39 Å². The molecule has 1 unspecified atom stereocenters. The number of anilines is 4. The summed E-state index contributed by atoms with van der Waals surface area (Å²) in [6, 6.07) is 11.1. The van der Waals surface area contributed by atoms with Crippen molar-refractivity contribution in [2.24, 2.45) is 5.92 Å². The third kappa shape index (κ3) is 7.37. The molecule has 0 spiro atoms. The first-order chi connectivity index (χ1) is 27.2. The molecule has 1 atom stereocenters. The molecule has 3 N–H and O–H groups in total. The molecule has 7 heterocycles. The van der Waals surface area contributed by atoms with E-state index in [-0.39, 0.29) is 30.1 Å². The minimum Gasteiger partial charge on any atom is -0.474 e. The van der Waals surface area contributed by atoms with E-state index < -0.39 is 5.82 Å². The van der Waals surface area contributed by atoms with Crippen LogP contribution in [0.1, 0.15) is 70.7 Å². The number of likely N-dealkylation sites (tertiary alicyclic amines) is 1. The van der Waals surface area contributed by atoms with Crippen molar-refractivity contribution in [1.29, 1.82) is 0 Å². The lowest BCUT2D eigenvalue weighted by Crippen LogP contribution is -2.41. The van der Waals surface area contributed by atoms with Crippen LogP contribution < -0.4 is 25.6 Å². The number of carbonyl (C=O) groups excluding carboxylic acids is 3. The van der Waals surface area contributed by atoms with Crippen LogP contribution in [0, 0.1) is 18.7 Å². The Labute approximate surface area is 325 Å². The van der Waals surface area contributed by atoms with E-state index in [1.165, 1.54) is 17.2 Å². The third-order valence-corrected chi connectivity index (χ3v) is 12.0. The summed E-state index contributed by atoms with van der Waals surface area (Å²) in [5.74, 6) is 0.316. The second-order valence-electron chi connectivity index (χ2n) is 15.7. The summed E-state index contributed by atoms with van der Waals surface area (Å²) in [6.07, 6.45) is 7.24. The minimum absolute atomic E-state index is 0.0114. The van der Waals surface area contributed by atoms with Crippen LogP contribution >= 0.6 is 0 Å². The maximum atomic E-state index is 15.4. The van der Waals surface area contributed by atoms with Gasteiger partial charge in [-0.3, -0.25) is 24.6 Å². The van der Waals surface area contributed by atoms with Crippen molar-refractivity contribution in [3.05, 3.63) is 93.7 Å². The highest BCUT2D eigenvalue weighted by molar-refractivity contribution is 6.01. The van der Waals surface area contributed by atoms with E-state index in [0.29, 0.717) is 68.1 Å². The Morgan fingerprint density at radius 2 is 1.82 bits per heavy atom. The number of nitrogens with one attached hydrogen (secondary N) is 3. The fourth-order valence-corrected chi connectivity index (χ4v) is 8.84. The predicted octanol–water partition coefficient (Wildman–Crippen LogP) is 4.75. The van der Waals surface area contributed by atoms with Gasteiger partial charge in [0.15, 0.2) is 0 Å². The zero-order valence-electron chi connectivity index (χ0n) is 31.6. The number of rotatable bonds is 8. The molecule has 290 valence electrons. The quantitative estimate of drug-likeness (QED) is 0.214. The van der Waals surface area contributed by atoms with Gasteiger partial charge in [-0.05, 0) is 78.5 Å². The van der Waals surface area contributed by atoms with Crippen molar-refractivity contribution in [2.45, 2.75) is 71.0 Å². The largest absolute Gasteiger partial charge is 0.474 e. The maximum Gasteiger partial charge on any atom is 0.237 e. The van der Waals surface area contributed by atoms with Crippen LogP contribution in [0.5, 0.6) is 5.88 Å². The highest BCUT2D eigenvalue weighted by Gasteiger charge is 2.31. The monoisotopic (exact) mass is 759 g/mol. The molecule has 2 aromatic carbocycles. The third-order valence-electron chi connectivity index (χ3n) is 12.0. The smallest absolute Gasteiger partial charge is 0.237 e. The van der Waals surface area contributed by atoms with Crippen molar-refractivity contribution >= 4 is 40.7 Å². The summed E-state index contributed by atoms with van der Waals surface area (Å²) in [6.45, 7) is 8.81. The van der Waals surface area contributed by atoms with Gasteiger partial charge < -0.3 is 25.2 Å². The van der Waals surface area contributed by atoms with E-state index in [1.54, 1.807) is 12.1 Å². The van der Waals surface area contributed by atoms with Gasteiger partial charge in [-0.2, -0.15) is 0 Å². The average Bonchev–Trinajstić information content (AvgIpc) is 3.61. The molecule has 14 heteroatoms. The Morgan fingerprint density at radius 3 is 2.66 bits per heavy atom. The number of carbonyl (C=O) groups is 3. The van der Waals surface area contributed by atoms with Gasteiger partial charge in [0.1, 0.15) is 18.1 Å². The number of fused-ring (bicyclic) bond motifs is 3. The maximum absolute atomic E-state index is 15.4. The van der Waals surface area contributed by atoms with Crippen LogP contribution in [0.2, 0.25) is 0 Å². The lowest BCUT2D eigenvalue weighted by atomic mass is 9.89. The number of imide groups is 1. The SMILES string of the molecule is Cc1c(N2CCc3cnc(Nc4ccc(CC(=O)N5CCC(CN6Cc7ccc(C8CCC(=O)NC8=O)cc7C6)CC5)c(F)c4)nc3C2)cnc2c1NCCO2. The standard InChI is InChI=1S/C42H46FN9O4/c1-25-36(20-45-41-39(25)44-11-15-56-41)52-14-10-29-19-46-42(48-35(29)24-52)47-32-5-4-28(34(43)18-32)17-38(54)51-12-8-26(9-13-51)21-50-22-30-3-2-27(16-31(30)23-50)33-6-7-37(53)49-40(33)55/h2-5,16,18-20,26,33,44H,6-15,17,21-24H2,1H3,(H,46,47,48)(H,49,53,55). The van der Waals surface area contributed by atoms with Crippen molar-refractivity contribution < 1.29 is 23.5 Å². The van der Waals surface area contributed by atoms with E-state index in [9.17, 15) is 14.4 Å². The van der Waals surface area contributed by atoms with E-state index in [1.807, 2.05) is 23.4 Å². The van der Waals surface area contributed by atoms with Gasteiger partial charge >= 0.3 is 0 Å². The van der Waals surface area contributed by atoms with Crippen LogP contribution in [0.4, 0.5) is 27.4 Å². The first-order valence-corrected chi connectivity index (χ1v) is 19.7. The topological polar surface area (TPSA) is 145 Å². The summed E-state index contributed by atoms with van der Waals surface area (Å²) in [5.41, 5.74) is 9.45. The predicted molar refractivity (Wildman–Crippen MR) is 208 cm³/mol. The van der Waals surface area contributed by atoms with Crippen LogP contribution in [0.3, 0.4) is 0 Å². The summed E-state index contributed by atoms with van der Waals surface area (Å²) in [4.78, 5) is 57.7. The van der Waals surface area contributed by atoms with Gasteiger partial charge in [0, 0.05) is 69.7 Å². The molecule has 13 nitrogen and oxygen atoms in total. The Kier molecular flexibility index (Phi) is 9.74. The summed E-state index contributed by atoms with van der Waals surface area (Å²) in [5, 5.41) is 9.04. The minimum atomic E-state index is -0.440. The molecule has 0 aliphatic carbocycles. The fraction of sp³-hybridized carbons (Fsp3) is 0.429. The Bertz CT molecular complexity index is 2210. The van der Waals surface area contributed by atoms with Gasteiger partial charge in [-0.25, -0.2) is 19.3 Å². The second kappa shape index (κ2) is 15.1. The van der Waals surface area contributed by atoms with Crippen LogP contribution in [-0.2, 0) is 46.9 Å². The summed E-state index contributed by atoms with van der Waals surface area (Å²) >= 11 is 0. The molecule has 0 bridgehead atoms. The molecule has 2 saturated heterocycles. The van der Waals surface area contributed by atoms with Crippen LogP contribution in [-0.4, -0.2) is 81.8 Å². The number of aromatic nitrogens is 3. The molecule has 5 aliphatic heterocycles. The molecule has 2 fully saturated rings. The van der Waals surface area contributed by atoms with Gasteiger partial charge in [0.05, 0.1) is 36.5 Å². The molecule has 56 heavy (non-hydrogen) atoms. The summed E-state index contributed by atoms with van der Waals surface area (Å²) < 4.78 is 21.1. The number of hydrogen-bond acceptors (Lipinski definition) is 11. The van der Waals surface area contributed by atoms with Crippen molar-refractivity contribution in [3.8, 4) is 5.88 Å². The molecule has 2 aromatic heterocycles. The lowest BCUT2D eigenvalue weighted by molar-refractivity contribution is -0.134. The number of benzene rings is 2. The molecular weight excluding hydrogens is 714 g/mol. The van der Waals surface area contributed by atoms with Crippen molar-refractivity contribution in [3.63, 3.8) is 0 Å². The molecule has 5 aliphatic rings. The van der Waals surface area contributed by atoms with Crippen LogP contribution in [0.25, 0.3) is 0 Å². The van der Waals surface area contributed by atoms with Gasteiger partial charge in [-0.1, -0.05) is 24.3 Å². The highest BCUT2D eigenvalue weighted by Crippen LogP contribution is 2.37. The Morgan fingerprint density at radius 1 is 0.964 bits per heavy atom. The lowest BCUT2D eigenvalue weighted by Gasteiger charge is -2.34. The van der Waals surface area contributed by atoms with Crippen molar-refractivity contribution in [2.75, 3.05) is 54.9 Å². The first-order valence-electron chi connectivity index (χ1n) is 19.7. The molecule has 4 aromatic rings. The van der Waals surface area contributed by atoms with Gasteiger partial charge in [0.2, 0.25) is 29.5 Å². The first kappa shape index (κ1) is 36.0. The number of ether oxygens (including phenoxy) is 1. The number of pyridine rings is 1. The number of amides is 3. The zero-order chi connectivity index (χ0) is 38.3. The van der Waals surface area contributed by atoms with Crippen LogP contribution in [0.15, 0.2) is 48.8 Å². The highest BCUT2D eigenvalue weighted by atomic mass is 19.1. The number of halogens is 1. The molecule has 0 saturated carbocycles. The van der Waals surface area contributed by atoms with E-state index in [0.717, 1.165) is 85.7 Å². The molecule has 9 rings (SSSR count). The summed E-state index contributed by atoms with van der Waals surface area (Å²) in [7, 11) is 0. The van der Waals surface area contributed by atoms with E-state index in [2.05, 4.69) is 54.8 Å². The second-order valence-corrected chi connectivity index (χ2v) is 15.7. The van der Waals surface area contributed by atoms with E-state index in [4.69, 9.17) is 9.72 Å². The number of piperidine rings is 2. The van der Waals surface area contributed by atoms with Gasteiger partial charge in [-0.15, -0.1) is 0 Å². The Hall–Kier alpha value is -5.63. The fourth-order valence-electron chi connectivity index (χ4n) is 8.84. The number of hydrogen-bond donors (Lipinski definition) is 3. The zero-order valence-corrected chi connectivity index (χ0v) is 31.6. The average molecular weight is 760 g/mol. The molecule has 3 amide bonds. The molecular formula is C42H46FN9O4. The van der Waals surface area contributed by atoms with Gasteiger partial charge in [0.25, 0.3) is 0 Å².